The van der Waals surface area contributed by atoms with Gasteiger partial charge >= 0.3 is 5.97 Å². The predicted octanol–water partition coefficient (Wildman–Crippen LogP) is 3.77. The summed E-state index contributed by atoms with van der Waals surface area (Å²) in [5.74, 6) is -1.12. The van der Waals surface area contributed by atoms with Crippen molar-refractivity contribution >= 4 is 11.6 Å². The maximum absolute atomic E-state index is 13.5. The molecule has 0 aliphatic carbocycles. The molecule has 0 bridgehead atoms. The van der Waals surface area contributed by atoms with Crippen LogP contribution < -0.4 is 0 Å². The minimum atomic E-state index is -0.852. The Kier molecular flexibility index (Phi) is 3.86. The van der Waals surface area contributed by atoms with Crippen molar-refractivity contribution in [2.75, 3.05) is 0 Å². The fourth-order valence-electron chi connectivity index (χ4n) is 2.81. The molecule has 0 spiro atoms. The van der Waals surface area contributed by atoms with E-state index in [-0.39, 0.29) is 12.2 Å². The number of carboxylic acids is 1. The smallest absolute Gasteiger partial charge is 0.303 e. The van der Waals surface area contributed by atoms with E-state index >= 15 is 0 Å². The fraction of sp³-hybridized carbons (Fsp3) is 0.222. The van der Waals surface area contributed by atoms with Gasteiger partial charge in [0.15, 0.2) is 0 Å². The molecule has 0 radical (unpaired) electrons. The lowest BCUT2D eigenvalue weighted by molar-refractivity contribution is -0.136. The van der Waals surface area contributed by atoms with E-state index in [1.165, 1.54) is 6.07 Å². The Hall–Kier alpha value is -2.69. The van der Waals surface area contributed by atoms with Crippen LogP contribution in [-0.2, 0) is 11.2 Å². The van der Waals surface area contributed by atoms with Gasteiger partial charge in [-0.15, -0.1) is 0 Å². The van der Waals surface area contributed by atoms with E-state index < -0.39 is 5.97 Å². The summed E-state index contributed by atoms with van der Waals surface area (Å²) < 4.78 is 15.5. The lowest BCUT2D eigenvalue weighted by Gasteiger charge is -2.07. The van der Waals surface area contributed by atoms with Crippen molar-refractivity contribution < 1.29 is 14.3 Å². The Labute approximate surface area is 133 Å². The molecule has 1 N–H and O–H groups in total. The average molecular weight is 312 g/mol. The molecule has 23 heavy (non-hydrogen) atoms. The van der Waals surface area contributed by atoms with Crippen LogP contribution in [0.1, 0.15) is 23.4 Å². The summed E-state index contributed by atoms with van der Waals surface area (Å²) in [5, 5.41) is 9.02. The van der Waals surface area contributed by atoms with Gasteiger partial charge in [0, 0.05) is 17.7 Å². The van der Waals surface area contributed by atoms with Crippen molar-refractivity contribution in [3.8, 4) is 11.3 Å². The Morgan fingerprint density at radius 1 is 1.26 bits per heavy atom. The van der Waals surface area contributed by atoms with Gasteiger partial charge in [-0.05, 0) is 49.7 Å². The van der Waals surface area contributed by atoms with Crippen molar-refractivity contribution in [1.82, 2.24) is 9.38 Å². The van der Waals surface area contributed by atoms with Gasteiger partial charge in [-0.3, -0.25) is 4.79 Å². The molecule has 0 saturated heterocycles. The number of fused-ring (bicyclic) bond motifs is 1. The van der Waals surface area contributed by atoms with Crippen LogP contribution in [0, 0.1) is 19.7 Å². The van der Waals surface area contributed by atoms with E-state index in [1.807, 2.05) is 29.5 Å². The Morgan fingerprint density at radius 2 is 2.04 bits per heavy atom. The summed E-state index contributed by atoms with van der Waals surface area (Å²) in [5.41, 5.74) is 4.64. The molecule has 0 aliphatic heterocycles. The molecule has 3 aromatic rings. The largest absolute Gasteiger partial charge is 0.481 e. The highest BCUT2D eigenvalue weighted by Gasteiger charge is 2.16. The van der Waals surface area contributed by atoms with Crippen LogP contribution in [0.3, 0.4) is 0 Å². The van der Waals surface area contributed by atoms with Crippen LogP contribution in [-0.4, -0.2) is 20.5 Å². The predicted molar refractivity (Wildman–Crippen MR) is 86.0 cm³/mol. The molecule has 3 rings (SSSR count). The Balaban J connectivity index is 2.22. The molecule has 2 heterocycles. The number of aromatic nitrogens is 2. The highest BCUT2D eigenvalue weighted by Crippen LogP contribution is 2.28. The molecular weight excluding hydrogens is 295 g/mol. The van der Waals surface area contributed by atoms with Gasteiger partial charge in [0.2, 0.25) is 0 Å². The Morgan fingerprint density at radius 3 is 2.74 bits per heavy atom. The van der Waals surface area contributed by atoms with Crippen LogP contribution in [0.2, 0.25) is 0 Å². The van der Waals surface area contributed by atoms with Gasteiger partial charge in [-0.1, -0.05) is 6.07 Å². The molecule has 118 valence electrons. The van der Waals surface area contributed by atoms with Crippen molar-refractivity contribution in [1.29, 1.82) is 0 Å². The standard InChI is InChI=1S/C18H17FN2O2/c1-11-10-13(6-7-14(11)19)18-15(8-9-17(22)23)21-12(2)4-3-5-16(21)20-18/h3-7,10H,8-9H2,1-2H3,(H,22,23). The summed E-state index contributed by atoms with van der Waals surface area (Å²) in [6.45, 7) is 3.66. The zero-order chi connectivity index (χ0) is 16.6. The van der Waals surface area contributed by atoms with Crippen molar-refractivity contribution in [2.24, 2.45) is 0 Å². The normalized spacial score (nSPS) is 11.1. The van der Waals surface area contributed by atoms with Crippen LogP contribution in [0.5, 0.6) is 0 Å². The van der Waals surface area contributed by atoms with Crippen LogP contribution >= 0.6 is 0 Å². The van der Waals surface area contributed by atoms with Gasteiger partial charge in [0.1, 0.15) is 11.5 Å². The maximum Gasteiger partial charge on any atom is 0.303 e. The topological polar surface area (TPSA) is 54.6 Å². The first-order chi connectivity index (χ1) is 11.0. The van der Waals surface area contributed by atoms with E-state index in [0.717, 1.165) is 22.6 Å². The van der Waals surface area contributed by atoms with Gasteiger partial charge in [-0.2, -0.15) is 0 Å². The molecule has 2 aromatic heterocycles. The van der Waals surface area contributed by atoms with E-state index in [2.05, 4.69) is 4.98 Å². The molecule has 1 aromatic carbocycles. The van der Waals surface area contributed by atoms with Crippen LogP contribution in [0.25, 0.3) is 16.9 Å². The van der Waals surface area contributed by atoms with E-state index in [0.29, 0.717) is 17.7 Å². The molecular formula is C18H17FN2O2. The number of halogens is 1. The van der Waals surface area contributed by atoms with Crippen molar-refractivity contribution in [3.63, 3.8) is 0 Å². The second kappa shape index (κ2) is 5.83. The van der Waals surface area contributed by atoms with Gasteiger partial charge in [0.05, 0.1) is 17.8 Å². The SMILES string of the molecule is Cc1cc(-c2nc3cccc(C)n3c2CCC(=O)O)ccc1F. The van der Waals surface area contributed by atoms with E-state index in [4.69, 9.17) is 5.11 Å². The summed E-state index contributed by atoms with van der Waals surface area (Å²) in [4.78, 5) is 15.6. The molecule has 0 aliphatic rings. The number of aryl methyl sites for hydroxylation is 3. The maximum atomic E-state index is 13.5. The van der Waals surface area contributed by atoms with E-state index in [1.54, 1.807) is 19.1 Å². The number of pyridine rings is 1. The number of benzene rings is 1. The summed E-state index contributed by atoms with van der Waals surface area (Å²) in [6, 6.07) is 10.6. The van der Waals surface area contributed by atoms with Crippen LogP contribution in [0.4, 0.5) is 4.39 Å². The minimum absolute atomic E-state index is 0.0231. The Bertz CT molecular complexity index is 899. The lowest BCUT2D eigenvalue weighted by atomic mass is 10.0. The lowest BCUT2D eigenvalue weighted by Crippen LogP contribution is -2.03. The highest BCUT2D eigenvalue weighted by molar-refractivity contribution is 5.70. The third kappa shape index (κ3) is 2.82. The molecule has 0 atom stereocenters. The fourth-order valence-corrected chi connectivity index (χ4v) is 2.81. The number of carboxylic acid groups (broad SMARTS) is 1. The van der Waals surface area contributed by atoms with Gasteiger partial charge in [0.25, 0.3) is 0 Å². The van der Waals surface area contributed by atoms with Crippen LogP contribution in [0.15, 0.2) is 36.4 Å². The number of imidazole rings is 1. The molecule has 4 nitrogen and oxygen atoms in total. The number of hydrogen-bond donors (Lipinski definition) is 1. The highest BCUT2D eigenvalue weighted by atomic mass is 19.1. The van der Waals surface area contributed by atoms with Crippen molar-refractivity contribution in [2.45, 2.75) is 26.7 Å². The molecule has 0 fully saturated rings. The molecule has 5 heteroatoms. The number of carbonyl (C=O) groups is 1. The van der Waals surface area contributed by atoms with Gasteiger partial charge < -0.3 is 9.51 Å². The summed E-state index contributed by atoms with van der Waals surface area (Å²) in [6.07, 6.45) is 0.391. The first kappa shape index (κ1) is 15.2. The quantitative estimate of drug-likeness (QED) is 0.798. The third-order valence-electron chi connectivity index (χ3n) is 3.94. The zero-order valence-corrected chi connectivity index (χ0v) is 13.0. The second-order valence-corrected chi connectivity index (χ2v) is 5.63. The number of rotatable bonds is 4. The van der Waals surface area contributed by atoms with Gasteiger partial charge in [-0.25, -0.2) is 9.37 Å². The average Bonchev–Trinajstić information content (AvgIpc) is 2.88. The number of nitrogens with zero attached hydrogens (tertiary/aromatic N) is 2. The first-order valence-electron chi connectivity index (χ1n) is 7.42. The number of hydrogen-bond acceptors (Lipinski definition) is 2. The van der Waals surface area contributed by atoms with E-state index in [9.17, 15) is 9.18 Å². The van der Waals surface area contributed by atoms with Crippen molar-refractivity contribution in [3.05, 3.63) is 59.2 Å². The second-order valence-electron chi connectivity index (χ2n) is 5.63. The first-order valence-corrected chi connectivity index (χ1v) is 7.42. The monoisotopic (exact) mass is 312 g/mol. The third-order valence-corrected chi connectivity index (χ3v) is 3.94. The zero-order valence-electron chi connectivity index (χ0n) is 13.0. The molecule has 0 unspecified atom stereocenters. The number of aliphatic carboxylic acids is 1. The molecule has 0 amide bonds. The summed E-state index contributed by atoms with van der Waals surface area (Å²) >= 11 is 0. The summed E-state index contributed by atoms with van der Waals surface area (Å²) in [7, 11) is 0. The molecule has 0 saturated carbocycles. The minimum Gasteiger partial charge on any atom is -0.481 e.